The van der Waals surface area contributed by atoms with Crippen molar-refractivity contribution in [2.24, 2.45) is 17.3 Å². The van der Waals surface area contributed by atoms with E-state index in [0.29, 0.717) is 29.5 Å². The number of ketones is 1. The first-order valence-electron chi connectivity index (χ1n) is 8.75. The minimum atomic E-state index is -0.0230. The number of benzene rings is 1. The lowest BCUT2D eigenvalue weighted by Gasteiger charge is -2.49. The van der Waals surface area contributed by atoms with Gasteiger partial charge in [0.1, 0.15) is 11.5 Å². The van der Waals surface area contributed by atoms with E-state index in [-0.39, 0.29) is 5.41 Å². The molecule has 3 aliphatic rings. The number of carbonyl (C=O) groups excluding carboxylic acids is 1. The first-order valence-corrected chi connectivity index (χ1v) is 8.75. The number of ether oxygens (including phenoxy) is 1. The number of methoxy groups -OCH3 is 1. The summed E-state index contributed by atoms with van der Waals surface area (Å²) in [5.41, 5.74) is 2.99. The van der Waals surface area contributed by atoms with E-state index in [0.717, 1.165) is 25.0 Å². The van der Waals surface area contributed by atoms with Gasteiger partial charge in [-0.2, -0.15) is 0 Å². The van der Waals surface area contributed by atoms with Crippen molar-refractivity contribution in [2.45, 2.75) is 57.8 Å². The minimum absolute atomic E-state index is 0.0230. The van der Waals surface area contributed by atoms with Gasteiger partial charge in [-0.1, -0.05) is 19.9 Å². The molecular weight excluding hydrogens is 272 g/mol. The summed E-state index contributed by atoms with van der Waals surface area (Å²) in [4.78, 5) is 12.4. The van der Waals surface area contributed by atoms with Crippen LogP contribution in [0.25, 0.3) is 0 Å². The summed E-state index contributed by atoms with van der Waals surface area (Å²) in [6.07, 6.45) is 5.42. The number of hydrogen-bond donors (Lipinski definition) is 0. The summed E-state index contributed by atoms with van der Waals surface area (Å²) < 4.78 is 5.42. The second kappa shape index (κ2) is 4.84. The van der Waals surface area contributed by atoms with Gasteiger partial charge >= 0.3 is 0 Å². The highest BCUT2D eigenvalue weighted by molar-refractivity contribution is 5.87. The first-order chi connectivity index (χ1) is 10.5. The fourth-order valence-electron chi connectivity index (χ4n) is 5.75. The van der Waals surface area contributed by atoms with Crippen LogP contribution in [0.15, 0.2) is 18.2 Å². The zero-order chi connectivity index (χ0) is 15.5. The van der Waals surface area contributed by atoms with Crippen molar-refractivity contribution >= 4 is 5.78 Å². The van der Waals surface area contributed by atoms with E-state index < -0.39 is 0 Å². The topological polar surface area (TPSA) is 26.3 Å². The van der Waals surface area contributed by atoms with Gasteiger partial charge in [0.25, 0.3) is 0 Å². The number of Topliss-reactive ketones (excluding diaryl/α,β-unsaturated/α-hetero) is 1. The molecule has 0 saturated heterocycles. The lowest BCUT2D eigenvalue weighted by atomic mass is 9.54. The first kappa shape index (κ1) is 14.3. The van der Waals surface area contributed by atoms with Crippen LogP contribution in [0.3, 0.4) is 0 Å². The maximum atomic E-state index is 12.4. The molecule has 1 aromatic rings. The van der Waals surface area contributed by atoms with E-state index in [4.69, 9.17) is 4.74 Å². The molecule has 0 radical (unpaired) electrons. The SMILES string of the molecule is COc1ccc2c(c1)C(C)C[C@@H]1[C@@H]2CC[C@]2(C)C(=O)CC[C@@H]12. The van der Waals surface area contributed by atoms with Crippen molar-refractivity contribution in [3.63, 3.8) is 0 Å². The molecule has 4 rings (SSSR count). The summed E-state index contributed by atoms with van der Waals surface area (Å²) in [5.74, 6) is 4.04. The van der Waals surface area contributed by atoms with Crippen LogP contribution in [0.5, 0.6) is 5.75 Å². The van der Waals surface area contributed by atoms with E-state index >= 15 is 0 Å². The van der Waals surface area contributed by atoms with Gasteiger partial charge in [0, 0.05) is 11.8 Å². The predicted octanol–water partition coefficient (Wildman–Crippen LogP) is 4.68. The molecule has 5 atom stereocenters. The van der Waals surface area contributed by atoms with E-state index in [1.807, 2.05) is 0 Å². The zero-order valence-corrected chi connectivity index (χ0v) is 13.9. The van der Waals surface area contributed by atoms with Gasteiger partial charge in [-0.3, -0.25) is 4.79 Å². The van der Waals surface area contributed by atoms with E-state index in [1.54, 1.807) is 7.11 Å². The van der Waals surface area contributed by atoms with Crippen molar-refractivity contribution in [1.29, 1.82) is 0 Å². The van der Waals surface area contributed by atoms with Crippen LogP contribution in [-0.4, -0.2) is 12.9 Å². The Morgan fingerprint density at radius 3 is 2.82 bits per heavy atom. The quantitative estimate of drug-likeness (QED) is 0.752. The highest BCUT2D eigenvalue weighted by atomic mass is 16.5. The lowest BCUT2D eigenvalue weighted by Crippen LogP contribution is -2.42. The molecule has 1 aromatic carbocycles. The molecule has 2 heteroatoms. The lowest BCUT2D eigenvalue weighted by molar-refractivity contribution is -0.129. The van der Waals surface area contributed by atoms with Gasteiger partial charge in [0.15, 0.2) is 0 Å². The fourth-order valence-corrected chi connectivity index (χ4v) is 5.75. The Labute approximate surface area is 133 Å². The molecule has 0 aliphatic heterocycles. The molecule has 118 valence electrons. The summed E-state index contributed by atoms with van der Waals surface area (Å²) >= 11 is 0. The van der Waals surface area contributed by atoms with Gasteiger partial charge < -0.3 is 4.74 Å². The highest BCUT2D eigenvalue weighted by Crippen LogP contribution is 2.61. The molecule has 2 fully saturated rings. The van der Waals surface area contributed by atoms with E-state index in [9.17, 15) is 4.79 Å². The van der Waals surface area contributed by atoms with Crippen LogP contribution in [0.4, 0.5) is 0 Å². The Bertz CT molecular complexity index is 620. The maximum absolute atomic E-state index is 12.4. The number of hydrogen-bond acceptors (Lipinski definition) is 2. The third kappa shape index (κ3) is 1.82. The second-order valence-corrected chi connectivity index (χ2v) is 7.93. The largest absolute Gasteiger partial charge is 0.497 e. The molecule has 0 aromatic heterocycles. The van der Waals surface area contributed by atoms with Crippen molar-refractivity contribution in [1.82, 2.24) is 0 Å². The van der Waals surface area contributed by atoms with Crippen molar-refractivity contribution < 1.29 is 9.53 Å². The van der Waals surface area contributed by atoms with Crippen LogP contribution >= 0.6 is 0 Å². The molecule has 0 bridgehead atoms. The summed E-state index contributed by atoms with van der Waals surface area (Å²) in [7, 11) is 1.74. The van der Waals surface area contributed by atoms with Crippen molar-refractivity contribution in [3.8, 4) is 5.75 Å². The van der Waals surface area contributed by atoms with Crippen molar-refractivity contribution in [2.75, 3.05) is 7.11 Å². The van der Waals surface area contributed by atoms with E-state index in [2.05, 4.69) is 32.0 Å². The Kier molecular flexibility index (Phi) is 3.15. The van der Waals surface area contributed by atoms with Gasteiger partial charge in [-0.25, -0.2) is 0 Å². The summed E-state index contributed by atoms with van der Waals surface area (Å²) in [6, 6.07) is 6.65. The Balaban J connectivity index is 1.74. The maximum Gasteiger partial charge on any atom is 0.139 e. The minimum Gasteiger partial charge on any atom is -0.497 e. The molecule has 2 saturated carbocycles. The van der Waals surface area contributed by atoms with Crippen molar-refractivity contribution in [3.05, 3.63) is 29.3 Å². The molecule has 0 spiro atoms. The molecule has 22 heavy (non-hydrogen) atoms. The van der Waals surface area contributed by atoms with Gasteiger partial charge in [-0.15, -0.1) is 0 Å². The second-order valence-electron chi connectivity index (χ2n) is 7.93. The van der Waals surface area contributed by atoms with Gasteiger partial charge in [-0.05, 0) is 72.6 Å². The average molecular weight is 298 g/mol. The Morgan fingerprint density at radius 2 is 2.05 bits per heavy atom. The van der Waals surface area contributed by atoms with Crippen LogP contribution in [-0.2, 0) is 4.79 Å². The Morgan fingerprint density at radius 1 is 1.23 bits per heavy atom. The predicted molar refractivity (Wildman–Crippen MR) is 87.3 cm³/mol. The van der Waals surface area contributed by atoms with E-state index in [1.165, 1.54) is 24.0 Å². The molecular formula is C20H26O2. The zero-order valence-electron chi connectivity index (χ0n) is 13.9. The highest BCUT2D eigenvalue weighted by Gasteiger charge is 2.55. The molecule has 3 aliphatic carbocycles. The normalized spacial score (nSPS) is 39.9. The molecule has 0 N–H and O–H groups in total. The third-order valence-electron chi connectivity index (χ3n) is 7.00. The molecule has 0 amide bonds. The Hall–Kier alpha value is -1.31. The third-order valence-corrected chi connectivity index (χ3v) is 7.00. The number of fused-ring (bicyclic) bond motifs is 5. The molecule has 0 heterocycles. The summed E-state index contributed by atoms with van der Waals surface area (Å²) in [5, 5.41) is 0. The van der Waals surface area contributed by atoms with Gasteiger partial charge in [0.05, 0.1) is 7.11 Å². The van der Waals surface area contributed by atoms with Crippen LogP contribution < -0.4 is 4.74 Å². The standard InChI is InChI=1S/C20H26O2/c1-12-10-17-15(14-5-4-13(22-3)11-16(12)14)8-9-20(2)18(17)6-7-19(20)21/h4-5,11-12,15,17-18H,6-10H2,1-3H3/t12?,15-,17-,18+,20+/m1/s1. The fraction of sp³-hybridized carbons (Fsp3) is 0.650. The number of rotatable bonds is 1. The van der Waals surface area contributed by atoms with Crippen LogP contribution in [0.2, 0.25) is 0 Å². The van der Waals surface area contributed by atoms with Gasteiger partial charge in [0.2, 0.25) is 0 Å². The van der Waals surface area contributed by atoms with Crippen LogP contribution in [0, 0.1) is 17.3 Å². The molecule has 2 nitrogen and oxygen atoms in total. The smallest absolute Gasteiger partial charge is 0.139 e. The molecule has 1 unspecified atom stereocenters. The number of carbonyl (C=O) groups is 1. The summed E-state index contributed by atoms with van der Waals surface area (Å²) in [6.45, 7) is 4.59. The monoisotopic (exact) mass is 298 g/mol. The average Bonchev–Trinajstić information content (AvgIpc) is 2.83. The van der Waals surface area contributed by atoms with Crippen LogP contribution in [0.1, 0.15) is 68.9 Å².